The van der Waals surface area contributed by atoms with Crippen LogP contribution >= 0.6 is 0 Å². The molecule has 1 aliphatic rings. The summed E-state index contributed by atoms with van der Waals surface area (Å²) in [5.74, 6) is -0.754. The number of hydrogen-bond donors (Lipinski definition) is 1. The van der Waals surface area contributed by atoms with Gasteiger partial charge in [-0.05, 0) is 30.5 Å². The summed E-state index contributed by atoms with van der Waals surface area (Å²) in [6.45, 7) is 3.86. The van der Waals surface area contributed by atoms with Crippen molar-refractivity contribution in [2.45, 2.75) is 37.4 Å². The molecule has 4 rings (SSSR count). The van der Waals surface area contributed by atoms with Gasteiger partial charge in [0.05, 0.1) is 13.2 Å². The van der Waals surface area contributed by atoms with Gasteiger partial charge in [0.15, 0.2) is 5.79 Å². The molecule has 2 atom stereocenters. The molecule has 0 aromatic heterocycles. The van der Waals surface area contributed by atoms with Crippen LogP contribution in [-0.4, -0.2) is 36.3 Å². The van der Waals surface area contributed by atoms with Crippen LogP contribution in [0.3, 0.4) is 0 Å². The van der Waals surface area contributed by atoms with Crippen LogP contribution in [-0.2, 0) is 19.8 Å². The Bertz CT molecular complexity index is 828. The topological polar surface area (TPSA) is 47.9 Å². The molecule has 1 fully saturated rings. The molecule has 0 unspecified atom stereocenters. The SMILES string of the molecule is CC1(C)O[C@@H](COC(c2ccccc2)(c2ccccc2)c2ccccc2)[C@@H](CO)O1. The number of rotatable bonds is 7. The molecule has 30 heavy (non-hydrogen) atoms. The van der Waals surface area contributed by atoms with Gasteiger partial charge < -0.3 is 19.3 Å². The number of hydrogen-bond acceptors (Lipinski definition) is 4. The Morgan fingerprint density at radius 1 is 0.733 bits per heavy atom. The van der Waals surface area contributed by atoms with Gasteiger partial charge in [-0.2, -0.15) is 0 Å². The van der Waals surface area contributed by atoms with E-state index in [9.17, 15) is 5.11 Å². The molecule has 3 aromatic carbocycles. The Labute approximate surface area is 178 Å². The lowest BCUT2D eigenvalue weighted by Gasteiger charge is -2.37. The predicted octanol–water partition coefficient (Wildman–Crippen LogP) is 4.51. The lowest BCUT2D eigenvalue weighted by atomic mass is 9.80. The highest BCUT2D eigenvalue weighted by Crippen LogP contribution is 2.41. The Morgan fingerprint density at radius 2 is 1.13 bits per heavy atom. The molecule has 1 heterocycles. The van der Waals surface area contributed by atoms with Crippen LogP contribution in [0.2, 0.25) is 0 Å². The Kier molecular flexibility index (Phi) is 6.02. The summed E-state index contributed by atoms with van der Waals surface area (Å²) in [4.78, 5) is 0. The molecule has 0 amide bonds. The van der Waals surface area contributed by atoms with Gasteiger partial charge in [0.25, 0.3) is 0 Å². The van der Waals surface area contributed by atoms with E-state index in [0.29, 0.717) is 0 Å². The molecule has 4 nitrogen and oxygen atoms in total. The van der Waals surface area contributed by atoms with Gasteiger partial charge in [-0.1, -0.05) is 91.0 Å². The van der Waals surface area contributed by atoms with E-state index in [1.54, 1.807) is 0 Å². The fourth-order valence-electron chi connectivity index (χ4n) is 4.18. The summed E-state index contributed by atoms with van der Waals surface area (Å²) in [6.07, 6.45) is -0.805. The van der Waals surface area contributed by atoms with E-state index in [1.165, 1.54) is 0 Å². The van der Waals surface area contributed by atoms with Crippen molar-refractivity contribution in [1.82, 2.24) is 0 Å². The van der Waals surface area contributed by atoms with Gasteiger partial charge >= 0.3 is 0 Å². The monoisotopic (exact) mass is 404 g/mol. The summed E-state index contributed by atoms with van der Waals surface area (Å²) in [6, 6.07) is 30.6. The molecule has 1 aliphatic heterocycles. The maximum atomic E-state index is 9.79. The van der Waals surface area contributed by atoms with Crippen LogP contribution < -0.4 is 0 Å². The van der Waals surface area contributed by atoms with E-state index in [2.05, 4.69) is 36.4 Å². The van der Waals surface area contributed by atoms with Crippen LogP contribution in [0.5, 0.6) is 0 Å². The molecule has 0 bridgehead atoms. The molecule has 4 heteroatoms. The molecular weight excluding hydrogens is 376 g/mol. The molecule has 0 saturated carbocycles. The standard InChI is InChI=1S/C26H28O4/c1-25(2)29-23(18-27)24(30-25)19-28-26(20-12-6-3-7-13-20,21-14-8-4-9-15-21)22-16-10-5-11-17-22/h3-17,23-24,27H,18-19H2,1-2H3/t23-,24+/m1/s1. The molecule has 0 radical (unpaired) electrons. The number of aliphatic hydroxyl groups excluding tert-OH is 1. The predicted molar refractivity (Wildman–Crippen MR) is 116 cm³/mol. The first-order valence-electron chi connectivity index (χ1n) is 10.3. The first-order valence-corrected chi connectivity index (χ1v) is 10.3. The molecule has 3 aromatic rings. The van der Waals surface area contributed by atoms with Gasteiger partial charge in [0, 0.05) is 0 Å². The highest BCUT2D eigenvalue weighted by Gasteiger charge is 2.44. The summed E-state index contributed by atoms with van der Waals surface area (Å²) >= 11 is 0. The zero-order valence-electron chi connectivity index (χ0n) is 17.4. The fraction of sp³-hybridized carbons (Fsp3) is 0.308. The third-order valence-corrected chi connectivity index (χ3v) is 5.47. The molecule has 0 aliphatic carbocycles. The minimum absolute atomic E-state index is 0.119. The smallest absolute Gasteiger partial charge is 0.163 e. The summed E-state index contributed by atoms with van der Waals surface area (Å²) in [7, 11) is 0. The third-order valence-electron chi connectivity index (χ3n) is 5.47. The quantitative estimate of drug-likeness (QED) is 0.589. The van der Waals surface area contributed by atoms with Crippen molar-refractivity contribution in [2.75, 3.05) is 13.2 Å². The van der Waals surface area contributed by atoms with Gasteiger partial charge in [0.1, 0.15) is 17.8 Å². The van der Waals surface area contributed by atoms with Crippen LogP contribution in [0.15, 0.2) is 91.0 Å². The molecule has 0 spiro atoms. The minimum Gasteiger partial charge on any atom is -0.394 e. The van der Waals surface area contributed by atoms with Gasteiger partial charge in [0.2, 0.25) is 0 Å². The second-order valence-corrected chi connectivity index (χ2v) is 7.99. The molecule has 1 saturated heterocycles. The number of benzene rings is 3. The first kappa shape index (κ1) is 20.8. The Hall–Kier alpha value is -2.50. The van der Waals surface area contributed by atoms with Crippen molar-refractivity contribution in [3.8, 4) is 0 Å². The molecule has 1 N–H and O–H groups in total. The van der Waals surface area contributed by atoms with Crippen LogP contribution in [0.1, 0.15) is 30.5 Å². The van der Waals surface area contributed by atoms with E-state index in [-0.39, 0.29) is 19.3 Å². The summed E-state index contributed by atoms with van der Waals surface area (Å²) in [5, 5.41) is 9.79. The van der Waals surface area contributed by atoms with Gasteiger partial charge in [-0.15, -0.1) is 0 Å². The Balaban J connectivity index is 1.79. The summed E-state index contributed by atoms with van der Waals surface area (Å²) < 4.78 is 18.7. The highest BCUT2D eigenvalue weighted by atomic mass is 16.8. The van der Waals surface area contributed by atoms with E-state index in [4.69, 9.17) is 14.2 Å². The van der Waals surface area contributed by atoms with E-state index in [1.807, 2.05) is 68.4 Å². The van der Waals surface area contributed by atoms with E-state index < -0.39 is 17.5 Å². The average Bonchev–Trinajstić information content (AvgIpc) is 3.10. The van der Waals surface area contributed by atoms with Crippen molar-refractivity contribution in [2.24, 2.45) is 0 Å². The minimum atomic E-state index is -0.820. The largest absolute Gasteiger partial charge is 0.394 e. The second-order valence-electron chi connectivity index (χ2n) is 7.99. The maximum Gasteiger partial charge on any atom is 0.163 e. The van der Waals surface area contributed by atoms with E-state index in [0.717, 1.165) is 16.7 Å². The highest BCUT2D eigenvalue weighted by molar-refractivity contribution is 5.47. The van der Waals surface area contributed by atoms with Gasteiger partial charge in [-0.3, -0.25) is 0 Å². The van der Waals surface area contributed by atoms with Crippen LogP contribution in [0.4, 0.5) is 0 Å². The van der Waals surface area contributed by atoms with Crippen molar-refractivity contribution in [3.05, 3.63) is 108 Å². The second kappa shape index (κ2) is 8.70. The maximum absolute atomic E-state index is 9.79. The van der Waals surface area contributed by atoms with E-state index >= 15 is 0 Å². The molecule has 156 valence electrons. The van der Waals surface area contributed by atoms with Crippen molar-refractivity contribution < 1.29 is 19.3 Å². The first-order chi connectivity index (χ1) is 14.5. The lowest BCUT2D eigenvalue weighted by Crippen LogP contribution is -2.39. The van der Waals surface area contributed by atoms with Gasteiger partial charge in [-0.25, -0.2) is 0 Å². The zero-order chi connectivity index (χ0) is 21.0. The van der Waals surface area contributed by atoms with Crippen LogP contribution in [0, 0.1) is 0 Å². The number of ether oxygens (including phenoxy) is 3. The summed E-state index contributed by atoms with van der Waals surface area (Å²) in [5.41, 5.74) is 2.27. The van der Waals surface area contributed by atoms with Crippen LogP contribution in [0.25, 0.3) is 0 Å². The average molecular weight is 405 g/mol. The third kappa shape index (κ3) is 4.05. The van der Waals surface area contributed by atoms with Crippen molar-refractivity contribution in [1.29, 1.82) is 0 Å². The lowest BCUT2D eigenvalue weighted by molar-refractivity contribution is -0.156. The molecular formula is C26H28O4. The zero-order valence-corrected chi connectivity index (χ0v) is 17.4. The fourth-order valence-corrected chi connectivity index (χ4v) is 4.18. The Morgan fingerprint density at radius 3 is 1.53 bits per heavy atom. The van der Waals surface area contributed by atoms with Crippen molar-refractivity contribution in [3.63, 3.8) is 0 Å². The van der Waals surface area contributed by atoms with Crippen molar-refractivity contribution >= 4 is 0 Å². The number of aliphatic hydroxyl groups is 1. The normalized spacial score (nSPS) is 20.9.